The molecule has 2 rings (SSSR count). The Bertz CT molecular complexity index is 401. The van der Waals surface area contributed by atoms with Crippen LogP contribution < -0.4 is 0 Å². The Hall–Kier alpha value is -0.0300. The molecular weight excluding hydrogens is 355 g/mol. The molecular formula is C15H19IOS. The molecule has 18 heavy (non-hydrogen) atoms. The molecule has 0 aromatic heterocycles. The topological polar surface area (TPSA) is 17.1 Å². The van der Waals surface area contributed by atoms with Gasteiger partial charge in [-0.25, -0.2) is 0 Å². The molecule has 0 saturated heterocycles. The van der Waals surface area contributed by atoms with Crippen LogP contribution >= 0.6 is 34.4 Å². The monoisotopic (exact) mass is 374 g/mol. The minimum atomic E-state index is 0.273. The van der Waals surface area contributed by atoms with Crippen LogP contribution in [0.3, 0.4) is 0 Å². The van der Waals surface area contributed by atoms with Crippen molar-refractivity contribution < 1.29 is 4.79 Å². The van der Waals surface area contributed by atoms with Gasteiger partial charge in [0, 0.05) is 14.4 Å². The van der Waals surface area contributed by atoms with E-state index in [9.17, 15) is 4.79 Å². The summed E-state index contributed by atoms with van der Waals surface area (Å²) in [5.74, 6) is 1.75. The van der Waals surface area contributed by atoms with Gasteiger partial charge < -0.3 is 0 Å². The van der Waals surface area contributed by atoms with E-state index >= 15 is 0 Å². The molecule has 1 nitrogen and oxygen atoms in total. The molecule has 1 aromatic rings. The lowest BCUT2D eigenvalue weighted by Gasteiger charge is -2.25. The normalized spacial score (nSPS) is 23.9. The van der Waals surface area contributed by atoms with Crippen molar-refractivity contribution in [1.29, 1.82) is 0 Å². The van der Waals surface area contributed by atoms with Crippen LogP contribution in [0, 0.1) is 9.49 Å². The van der Waals surface area contributed by atoms with Crippen LogP contribution in [0.15, 0.2) is 24.3 Å². The quantitative estimate of drug-likeness (QED) is 0.557. The summed E-state index contributed by atoms with van der Waals surface area (Å²) >= 11 is 4.12. The summed E-state index contributed by atoms with van der Waals surface area (Å²) < 4.78 is 1.18. The lowest BCUT2D eigenvalue weighted by molar-refractivity contribution is 0.102. The van der Waals surface area contributed by atoms with Crippen molar-refractivity contribution in [2.75, 3.05) is 5.75 Å². The van der Waals surface area contributed by atoms with Crippen molar-refractivity contribution in [2.45, 2.75) is 37.9 Å². The molecule has 3 heteroatoms. The van der Waals surface area contributed by atoms with E-state index < -0.39 is 0 Å². The molecule has 0 radical (unpaired) electrons. The van der Waals surface area contributed by atoms with E-state index in [1.165, 1.54) is 29.3 Å². The number of hydrogen-bond donors (Lipinski definition) is 0. The van der Waals surface area contributed by atoms with Crippen molar-refractivity contribution in [1.82, 2.24) is 0 Å². The van der Waals surface area contributed by atoms with Crippen LogP contribution in [-0.4, -0.2) is 16.8 Å². The fourth-order valence-electron chi connectivity index (χ4n) is 2.44. The largest absolute Gasteiger partial charge is 0.293 e. The number of carbonyl (C=O) groups is 1. The first-order valence-corrected chi connectivity index (χ1v) is 8.68. The maximum atomic E-state index is 12.1. The number of rotatable bonds is 4. The summed E-state index contributed by atoms with van der Waals surface area (Å²) in [5.41, 5.74) is 0.853. The second kappa shape index (κ2) is 6.94. The maximum absolute atomic E-state index is 12.1. The Morgan fingerprint density at radius 3 is 2.72 bits per heavy atom. The molecule has 1 saturated carbocycles. The summed E-state index contributed by atoms with van der Waals surface area (Å²) in [6.45, 7) is 2.33. The summed E-state index contributed by atoms with van der Waals surface area (Å²) in [6, 6.07) is 7.88. The Kier molecular flexibility index (Phi) is 5.55. The van der Waals surface area contributed by atoms with Crippen LogP contribution in [0.4, 0.5) is 0 Å². The van der Waals surface area contributed by atoms with Crippen molar-refractivity contribution in [3.8, 4) is 0 Å². The highest BCUT2D eigenvalue weighted by Crippen LogP contribution is 2.32. The van der Waals surface area contributed by atoms with E-state index in [1.807, 2.05) is 36.0 Å². The first-order chi connectivity index (χ1) is 8.65. The first kappa shape index (κ1) is 14.4. The minimum absolute atomic E-state index is 0.273. The van der Waals surface area contributed by atoms with Gasteiger partial charge in [-0.1, -0.05) is 31.9 Å². The van der Waals surface area contributed by atoms with Crippen LogP contribution in [0.5, 0.6) is 0 Å². The zero-order valence-corrected chi connectivity index (χ0v) is 13.7. The van der Waals surface area contributed by atoms with Crippen LogP contribution in [-0.2, 0) is 0 Å². The van der Waals surface area contributed by atoms with E-state index in [2.05, 4.69) is 29.5 Å². The second-order valence-electron chi connectivity index (χ2n) is 5.13. The van der Waals surface area contributed by atoms with Gasteiger partial charge >= 0.3 is 0 Å². The molecule has 0 amide bonds. The maximum Gasteiger partial charge on any atom is 0.172 e. The number of hydrogen-bond acceptors (Lipinski definition) is 2. The van der Waals surface area contributed by atoms with E-state index in [4.69, 9.17) is 0 Å². The van der Waals surface area contributed by atoms with E-state index in [0.29, 0.717) is 11.0 Å². The van der Waals surface area contributed by atoms with Crippen molar-refractivity contribution >= 4 is 40.1 Å². The van der Waals surface area contributed by atoms with Gasteiger partial charge in [0.2, 0.25) is 0 Å². The molecule has 0 heterocycles. The highest BCUT2D eigenvalue weighted by molar-refractivity contribution is 14.1. The standard InChI is InChI=1S/C15H19IOS/c1-11-3-2-4-14(9-11)18-10-15(17)12-5-7-13(16)8-6-12/h5-8,11,14H,2-4,9-10H2,1H3. The minimum Gasteiger partial charge on any atom is -0.293 e. The van der Waals surface area contributed by atoms with Gasteiger partial charge in [-0.05, 0) is 53.5 Å². The van der Waals surface area contributed by atoms with E-state index in [0.717, 1.165) is 11.5 Å². The molecule has 0 bridgehead atoms. The Morgan fingerprint density at radius 2 is 2.06 bits per heavy atom. The van der Waals surface area contributed by atoms with Crippen LogP contribution in [0.1, 0.15) is 43.0 Å². The molecule has 2 atom stereocenters. The molecule has 1 aromatic carbocycles. The number of Topliss-reactive ketones (excluding diaryl/α,β-unsaturated/α-hetero) is 1. The highest BCUT2D eigenvalue weighted by atomic mass is 127. The Balaban J connectivity index is 1.82. The lowest BCUT2D eigenvalue weighted by atomic mass is 9.91. The van der Waals surface area contributed by atoms with Crippen LogP contribution in [0.25, 0.3) is 0 Å². The SMILES string of the molecule is CC1CCCC(SCC(=O)c2ccc(I)cc2)C1. The van der Waals surface area contributed by atoms with Gasteiger partial charge in [-0.15, -0.1) is 0 Å². The summed E-state index contributed by atoms with van der Waals surface area (Å²) in [5, 5.41) is 0.696. The van der Waals surface area contributed by atoms with Gasteiger partial charge in [0.15, 0.2) is 5.78 Å². The molecule has 2 unspecified atom stereocenters. The molecule has 0 aliphatic heterocycles. The molecule has 0 N–H and O–H groups in total. The van der Waals surface area contributed by atoms with Gasteiger partial charge in [0.1, 0.15) is 0 Å². The third kappa shape index (κ3) is 4.26. The Labute approximate surface area is 127 Å². The zero-order valence-electron chi connectivity index (χ0n) is 10.7. The second-order valence-corrected chi connectivity index (χ2v) is 7.67. The van der Waals surface area contributed by atoms with Crippen molar-refractivity contribution in [3.63, 3.8) is 0 Å². The van der Waals surface area contributed by atoms with Crippen molar-refractivity contribution in [2.24, 2.45) is 5.92 Å². The molecule has 98 valence electrons. The summed E-state index contributed by atoms with van der Waals surface area (Å²) in [6.07, 6.45) is 5.26. The molecule has 1 aliphatic carbocycles. The first-order valence-electron chi connectivity index (χ1n) is 6.55. The number of halogens is 1. The summed E-state index contributed by atoms with van der Waals surface area (Å²) in [7, 11) is 0. The predicted molar refractivity (Wildman–Crippen MR) is 87.4 cm³/mol. The zero-order chi connectivity index (χ0) is 13.0. The fourth-order valence-corrected chi connectivity index (χ4v) is 4.15. The predicted octanol–water partition coefficient (Wildman–Crippen LogP) is 4.79. The molecule has 1 fully saturated rings. The number of benzene rings is 1. The van der Waals surface area contributed by atoms with Gasteiger partial charge in [-0.2, -0.15) is 11.8 Å². The van der Waals surface area contributed by atoms with Gasteiger partial charge in [-0.3, -0.25) is 4.79 Å². The highest BCUT2D eigenvalue weighted by Gasteiger charge is 2.20. The van der Waals surface area contributed by atoms with Crippen molar-refractivity contribution in [3.05, 3.63) is 33.4 Å². The third-order valence-corrected chi connectivity index (χ3v) is 5.55. The van der Waals surface area contributed by atoms with E-state index in [-0.39, 0.29) is 5.78 Å². The average molecular weight is 374 g/mol. The number of thioether (sulfide) groups is 1. The third-order valence-electron chi connectivity index (χ3n) is 3.50. The lowest BCUT2D eigenvalue weighted by Crippen LogP contribution is -2.17. The number of carbonyl (C=O) groups excluding carboxylic acids is 1. The Morgan fingerprint density at radius 1 is 1.33 bits per heavy atom. The number of ketones is 1. The van der Waals surface area contributed by atoms with Crippen LogP contribution in [0.2, 0.25) is 0 Å². The molecule has 1 aliphatic rings. The van der Waals surface area contributed by atoms with Gasteiger partial charge in [0.05, 0.1) is 5.75 Å². The van der Waals surface area contributed by atoms with Gasteiger partial charge in [0.25, 0.3) is 0 Å². The smallest absolute Gasteiger partial charge is 0.172 e. The summed E-state index contributed by atoms with van der Waals surface area (Å²) in [4.78, 5) is 12.1. The average Bonchev–Trinajstić information content (AvgIpc) is 2.37. The fraction of sp³-hybridized carbons (Fsp3) is 0.533. The molecule has 0 spiro atoms. The van der Waals surface area contributed by atoms with E-state index in [1.54, 1.807) is 0 Å².